The first-order valence-corrected chi connectivity index (χ1v) is 9.99. The Morgan fingerprint density at radius 3 is 2.09 bits per heavy atom. The van der Waals surface area contributed by atoms with Crippen molar-refractivity contribution < 1.29 is 4.79 Å². The first-order chi connectivity index (χ1) is 11.2. The van der Waals surface area contributed by atoms with Gasteiger partial charge in [0, 0.05) is 17.6 Å². The summed E-state index contributed by atoms with van der Waals surface area (Å²) in [5.74, 6) is 0.385. The highest BCUT2D eigenvalue weighted by molar-refractivity contribution is 9.10. The topological polar surface area (TPSA) is 20.3 Å². The minimum atomic E-state index is -0.242. The molecule has 0 aromatic heterocycles. The molecule has 2 aliphatic carbocycles. The molecule has 1 heterocycles. The van der Waals surface area contributed by atoms with Crippen molar-refractivity contribution in [2.45, 2.75) is 64.2 Å². The molecule has 2 saturated carbocycles. The predicted octanol–water partition coefficient (Wildman–Crippen LogP) is 5.30. The number of hydrogen-bond acceptors (Lipinski definition) is 1. The number of benzene rings is 1. The normalized spacial score (nSPS) is 23.5. The summed E-state index contributed by atoms with van der Waals surface area (Å²) in [6, 6.07) is 8.29. The van der Waals surface area contributed by atoms with Crippen molar-refractivity contribution in [3.8, 4) is 0 Å². The zero-order chi connectivity index (χ0) is 16.5. The molecule has 3 heteroatoms. The summed E-state index contributed by atoms with van der Waals surface area (Å²) in [7, 11) is 0. The maximum Gasteiger partial charge on any atom is 0.233 e. The molecule has 3 fully saturated rings. The van der Waals surface area contributed by atoms with Gasteiger partial charge in [-0.25, -0.2) is 0 Å². The number of rotatable bonds is 2. The molecule has 1 saturated heterocycles. The minimum Gasteiger partial charge on any atom is -0.342 e. The molecule has 1 spiro atoms. The van der Waals surface area contributed by atoms with Gasteiger partial charge in [-0.15, -0.1) is 0 Å². The average molecular weight is 378 g/mol. The molecule has 1 aromatic carbocycles. The molecule has 3 aliphatic rings. The van der Waals surface area contributed by atoms with Crippen LogP contribution in [0.15, 0.2) is 28.7 Å². The summed E-state index contributed by atoms with van der Waals surface area (Å²) in [6.45, 7) is 5.95. The van der Waals surface area contributed by atoms with E-state index in [9.17, 15) is 4.79 Å². The molecule has 0 N–H and O–H groups in total. The number of piperidine rings is 1. The maximum atomic E-state index is 13.2. The van der Waals surface area contributed by atoms with Crippen LogP contribution in [0.1, 0.15) is 64.4 Å². The van der Waals surface area contributed by atoms with E-state index < -0.39 is 0 Å². The van der Waals surface area contributed by atoms with Gasteiger partial charge in [-0.1, -0.05) is 54.4 Å². The standard InChI is InChI=1S/C18H22BrNO.C2H6/c19-15-5-2-1-4-14(15)18(6-3-7-18)16(21)20-12-10-17(8-9-17)11-13-20;1-2/h1-2,4-5H,3,6-13H2;1-2H3. The fraction of sp³-hybridized carbons (Fsp3) is 0.650. The van der Waals surface area contributed by atoms with E-state index in [0.29, 0.717) is 11.3 Å². The molecule has 126 valence electrons. The zero-order valence-corrected chi connectivity index (χ0v) is 16.0. The molecule has 1 amide bonds. The van der Waals surface area contributed by atoms with Gasteiger partial charge in [0.1, 0.15) is 0 Å². The molecule has 23 heavy (non-hydrogen) atoms. The van der Waals surface area contributed by atoms with Crippen molar-refractivity contribution >= 4 is 21.8 Å². The van der Waals surface area contributed by atoms with Gasteiger partial charge in [-0.2, -0.15) is 0 Å². The van der Waals surface area contributed by atoms with Crippen LogP contribution in [-0.4, -0.2) is 23.9 Å². The number of amides is 1. The largest absolute Gasteiger partial charge is 0.342 e. The van der Waals surface area contributed by atoms with Gasteiger partial charge in [0.25, 0.3) is 0 Å². The second-order valence-electron chi connectivity index (χ2n) is 7.21. The van der Waals surface area contributed by atoms with Gasteiger partial charge < -0.3 is 4.90 Å². The van der Waals surface area contributed by atoms with E-state index in [1.165, 1.54) is 37.7 Å². The van der Waals surface area contributed by atoms with E-state index in [0.717, 1.165) is 30.4 Å². The quantitative estimate of drug-likeness (QED) is 0.684. The van der Waals surface area contributed by atoms with Gasteiger partial charge in [0.05, 0.1) is 5.41 Å². The van der Waals surface area contributed by atoms with Gasteiger partial charge in [-0.05, 0) is 55.6 Å². The second-order valence-corrected chi connectivity index (χ2v) is 8.06. The lowest BCUT2D eigenvalue weighted by Crippen LogP contribution is -2.53. The maximum absolute atomic E-state index is 13.2. The predicted molar refractivity (Wildman–Crippen MR) is 98.5 cm³/mol. The molecular formula is C20H28BrNO. The molecule has 0 radical (unpaired) electrons. The van der Waals surface area contributed by atoms with Crippen LogP contribution in [0.4, 0.5) is 0 Å². The van der Waals surface area contributed by atoms with Crippen LogP contribution in [0.25, 0.3) is 0 Å². The highest BCUT2D eigenvalue weighted by atomic mass is 79.9. The van der Waals surface area contributed by atoms with Crippen LogP contribution in [0.3, 0.4) is 0 Å². The summed E-state index contributed by atoms with van der Waals surface area (Å²) in [5.41, 5.74) is 1.60. The smallest absolute Gasteiger partial charge is 0.233 e. The van der Waals surface area contributed by atoms with Crippen molar-refractivity contribution in [1.82, 2.24) is 4.90 Å². The van der Waals surface area contributed by atoms with Crippen molar-refractivity contribution in [1.29, 1.82) is 0 Å². The van der Waals surface area contributed by atoms with Crippen LogP contribution in [-0.2, 0) is 10.2 Å². The highest BCUT2D eigenvalue weighted by Crippen LogP contribution is 2.54. The third kappa shape index (κ3) is 2.97. The van der Waals surface area contributed by atoms with Crippen LogP contribution in [0, 0.1) is 5.41 Å². The third-order valence-corrected chi connectivity index (χ3v) is 6.77. The fourth-order valence-corrected chi connectivity index (χ4v) is 4.81. The summed E-state index contributed by atoms with van der Waals surface area (Å²) >= 11 is 3.66. The minimum absolute atomic E-state index is 0.242. The van der Waals surface area contributed by atoms with Gasteiger partial charge >= 0.3 is 0 Å². The molecule has 0 atom stereocenters. The van der Waals surface area contributed by atoms with E-state index in [2.05, 4.69) is 39.0 Å². The molecular weight excluding hydrogens is 350 g/mol. The van der Waals surface area contributed by atoms with Gasteiger partial charge in [-0.3, -0.25) is 4.79 Å². The van der Waals surface area contributed by atoms with E-state index >= 15 is 0 Å². The Bertz CT molecular complexity index is 565. The SMILES string of the molecule is CC.O=C(N1CCC2(CC1)CC2)C1(c2ccccc2Br)CCC1. The van der Waals surface area contributed by atoms with Gasteiger partial charge in [0.2, 0.25) is 5.91 Å². The lowest BCUT2D eigenvalue weighted by Gasteiger charge is -2.46. The lowest BCUT2D eigenvalue weighted by atomic mass is 9.63. The number of nitrogens with zero attached hydrogens (tertiary/aromatic N) is 1. The van der Waals surface area contributed by atoms with Gasteiger partial charge in [0.15, 0.2) is 0 Å². The van der Waals surface area contributed by atoms with Crippen molar-refractivity contribution in [3.05, 3.63) is 34.3 Å². The molecule has 1 aliphatic heterocycles. The summed E-state index contributed by atoms with van der Waals surface area (Å²) < 4.78 is 1.09. The Hall–Kier alpha value is -0.830. The first-order valence-electron chi connectivity index (χ1n) is 9.20. The summed E-state index contributed by atoms with van der Waals surface area (Å²) in [4.78, 5) is 15.3. The van der Waals surface area contributed by atoms with E-state index in [4.69, 9.17) is 0 Å². The Labute approximate surface area is 148 Å². The number of likely N-dealkylation sites (tertiary alicyclic amines) is 1. The number of hydrogen-bond donors (Lipinski definition) is 0. The first kappa shape index (κ1) is 17.0. The van der Waals surface area contributed by atoms with Crippen LogP contribution >= 0.6 is 15.9 Å². The van der Waals surface area contributed by atoms with Crippen molar-refractivity contribution in [2.24, 2.45) is 5.41 Å². The number of carbonyl (C=O) groups is 1. The zero-order valence-electron chi connectivity index (χ0n) is 14.4. The molecule has 0 bridgehead atoms. The molecule has 4 rings (SSSR count). The fourth-order valence-electron chi connectivity index (χ4n) is 4.14. The Kier molecular flexibility index (Phi) is 4.87. The Balaban J connectivity index is 0.000000753. The molecule has 1 aromatic rings. The van der Waals surface area contributed by atoms with Crippen LogP contribution < -0.4 is 0 Å². The summed E-state index contributed by atoms with van der Waals surface area (Å²) in [6.07, 6.45) is 8.43. The highest BCUT2D eigenvalue weighted by Gasteiger charge is 2.51. The average Bonchev–Trinajstić information content (AvgIpc) is 3.30. The van der Waals surface area contributed by atoms with Crippen LogP contribution in [0.2, 0.25) is 0 Å². The summed E-state index contributed by atoms with van der Waals surface area (Å²) in [5, 5.41) is 0. The third-order valence-electron chi connectivity index (χ3n) is 6.07. The monoisotopic (exact) mass is 377 g/mol. The van der Waals surface area contributed by atoms with Crippen LogP contribution in [0.5, 0.6) is 0 Å². The Morgan fingerprint density at radius 1 is 1.00 bits per heavy atom. The van der Waals surface area contributed by atoms with E-state index in [1.54, 1.807) is 0 Å². The van der Waals surface area contributed by atoms with Crippen molar-refractivity contribution in [3.63, 3.8) is 0 Å². The van der Waals surface area contributed by atoms with E-state index in [1.807, 2.05) is 19.9 Å². The molecule has 0 unspecified atom stereocenters. The van der Waals surface area contributed by atoms with E-state index in [-0.39, 0.29) is 5.41 Å². The second kappa shape index (κ2) is 6.58. The lowest BCUT2D eigenvalue weighted by molar-refractivity contribution is -0.142. The van der Waals surface area contributed by atoms with Crippen molar-refractivity contribution in [2.75, 3.05) is 13.1 Å². The molecule has 2 nitrogen and oxygen atoms in total. The Morgan fingerprint density at radius 2 is 1.61 bits per heavy atom. The number of carbonyl (C=O) groups excluding carboxylic acids is 1. The number of halogens is 1.